The van der Waals surface area contributed by atoms with Gasteiger partial charge in [0.1, 0.15) is 0 Å². The zero-order chi connectivity index (χ0) is 15.1. The largest absolute Gasteiger partial charge is 0.348 e. The zero-order valence-corrected chi connectivity index (χ0v) is 12.0. The second-order valence-corrected chi connectivity index (χ2v) is 4.86. The molecule has 1 rings (SSSR count). The maximum atomic E-state index is 11.8. The van der Waals surface area contributed by atoms with Crippen LogP contribution in [0.1, 0.15) is 34.6 Å². The molecule has 1 aromatic carbocycles. The second-order valence-electron chi connectivity index (χ2n) is 4.86. The van der Waals surface area contributed by atoms with E-state index in [0.29, 0.717) is 24.2 Å². The van der Waals surface area contributed by atoms with Crippen molar-refractivity contribution in [2.24, 2.45) is 0 Å². The highest BCUT2D eigenvalue weighted by atomic mass is 16.2. The van der Waals surface area contributed by atoms with E-state index in [2.05, 4.69) is 23.8 Å². The number of amides is 2. The predicted octanol–water partition coefficient (Wildman–Crippen LogP) is 2.30. The monoisotopic (exact) mass is 272 g/mol. The van der Waals surface area contributed by atoms with Crippen LogP contribution in [0.2, 0.25) is 0 Å². The van der Waals surface area contributed by atoms with E-state index in [4.69, 9.17) is 0 Å². The number of nitrogens with one attached hydrogen (secondary N) is 2. The first-order valence-electron chi connectivity index (χ1n) is 6.35. The first-order valence-corrected chi connectivity index (χ1v) is 6.35. The molecule has 20 heavy (non-hydrogen) atoms. The summed E-state index contributed by atoms with van der Waals surface area (Å²) in [5.41, 5.74) is 2.80. The molecule has 0 radical (unpaired) electrons. The molecule has 106 valence electrons. The van der Waals surface area contributed by atoms with Crippen molar-refractivity contribution in [1.29, 1.82) is 0 Å². The van der Waals surface area contributed by atoms with Crippen molar-refractivity contribution in [2.75, 3.05) is 13.1 Å². The Kier molecular flexibility index (Phi) is 5.72. The topological polar surface area (TPSA) is 58.2 Å². The van der Waals surface area contributed by atoms with Crippen LogP contribution in [0.3, 0.4) is 0 Å². The molecule has 0 saturated carbocycles. The van der Waals surface area contributed by atoms with Crippen molar-refractivity contribution in [2.45, 2.75) is 13.8 Å². The number of hydrogen-bond acceptors (Lipinski definition) is 2. The molecule has 0 bridgehead atoms. The van der Waals surface area contributed by atoms with Gasteiger partial charge in [-0.1, -0.05) is 24.3 Å². The van der Waals surface area contributed by atoms with Crippen LogP contribution in [0.25, 0.3) is 0 Å². The Labute approximate surface area is 119 Å². The van der Waals surface area contributed by atoms with Crippen LogP contribution in [-0.4, -0.2) is 24.9 Å². The van der Waals surface area contributed by atoms with E-state index in [1.807, 2.05) is 13.8 Å². The summed E-state index contributed by atoms with van der Waals surface area (Å²) in [7, 11) is 0. The average molecular weight is 272 g/mol. The normalized spacial score (nSPS) is 9.70. The summed E-state index contributed by atoms with van der Waals surface area (Å²) < 4.78 is 0. The molecule has 0 aliphatic heterocycles. The summed E-state index contributed by atoms with van der Waals surface area (Å²) in [4.78, 5) is 23.6. The van der Waals surface area contributed by atoms with E-state index in [1.165, 1.54) is 0 Å². The minimum absolute atomic E-state index is 0.179. The van der Waals surface area contributed by atoms with E-state index in [0.717, 1.165) is 11.1 Å². The van der Waals surface area contributed by atoms with Crippen LogP contribution in [0, 0.1) is 0 Å². The van der Waals surface area contributed by atoms with Gasteiger partial charge in [-0.05, 0) is 38.1 Å². The Hall–Kier alpha value is -2.36. The minimum Gasteiger partial charge on any atom is -0.348 e. The first-order chi connectivity index (χ1) is 9.40. The molecule has 0 saturated heterocycles. The molecule has 0 aromatic heterocycles. The number of carbonyl (C=O) groups excluding carboxylic acids is 2. The maximum absolute atomic E-state index is 11.8. The summed E-state index contributed by atoms with van der Waals surface area (Å²) in [5, 5.41) is 5.47. The Morgan fingerprint density at radius 1 is 0.850 bits per heavy atom. The standard InChI is InChI=1S/C16H20N2O2/c1-11(2)9-17-15(19)13-5-7-14(8-6-13)16(20)18-10-12(3)4/h5-8H,1,3,9-10H2,2,4H3,(H,17,19)(H,18,20). The van der Waals surface area contributed by atoms with E-state index < -0.39 is 0 Å². The van der Waals surface area contributed by atoms with Crippen molar-refractivity contribution in [1.82, 2.24) is 10.6 Å². The van der Waals surface area contributed by atoms with Gasteiger partial charge < -0.3 is 10.6 Å². The second kappa shape index (κ2) is 7.28. The van der Waals surface area contributed by atoms with Gasteiger partial charge in [-0.2, -0.15) is 0 Å². The lowest BCUT2D eigenvalue weighted by Crippen LogP contribution is -2.26. The molecule has 0 atom stereocenters. The fraction of sp³-hybridized carbons (Fsp3) is 0.250. The van der Waals surface area contributed by atoms with Crippen LogP contribution in [0.5, 0.6) is 0 Å². The van der Waals surface area contributed by atoms with Crippen molar-refractivity contribution >= 4 is 11.8 Å². The molecule has 4 heteroatoms. The number of hydrogen-bond donors (Lipinski definition) is 2. The van der Waals surface area contributed by atoms with E-state index in [1.54, 1.807) is 24.3 Å². The third-order valence-corrected chi connectivity index (χ3v) is 2.51. The quantitative estimate of drug-likeness (QED) is 0.781. The number of carbonyl (C=O) groups is 2. The molecular formula is C16H20N2O2. The number of benzene rings is 1. The van der Waals surface area contributed by atoms with Gasteiger partial charge in [-0.25, -0.2) is 0 Å². The smallest absolute Gasteiger partial charge is 0.251 e. The molecule has 0 heterocycles. The van der Waals surface area contributed by atoms with Crippen molar-refractivity contribution < 1.29 is 9.59 Å². The summed E-state index contributed by atoms with van der Waals surface area (Å²) >= 11 is 0. The maximum Gasteiger partial charge on any atom is 0.251 e. The third-order valence-electron chi connectivity index (χ3n) is 2.51. The van der Waals surface area contributed by atoms with Crippen molar-refractivity contribution in [3.05, 3.63) is 59.7 Å². The van der Waals surface area contributed by atoms with Crippen LogP contribution in [0.4, 0.5) is 0 Å². The summed E-state index contributed by atoms with van der Waals surface area (Å²) in [6.45, 7) is 12.0. The molecule has 2 N–H and O–H groups in total. The van der Waals surface area contributed by atoms with Crippen LogP contribution in [-0.2, 0) is 0 Å². The first kappa shape index (κ1) is 15.7. The van der Waals surface area contributed by atoms with Crippen molar-refractivity contribution in [3.63, 3.8) is 0 Å². The summed E-state index contributed by atoms with van der Waals surface area (Å²) in [6.07, 6.45) is 0. The Balaban J connectivity index is 2.63. The fourth-order valence-electron chi connectivity index (χ4n) is 1.44. The Morgan fingerprint density at radius 3 is 1.40 bits per heavy atom. The van der Waals surface area contributed by atoms with Gasteiger partial charge >= 0.3 is 0 Å². The van der Waals surface area contributed by atoms with E-state index in [9.17, 15) is 9.59 Å². The zero-order valence-electron chi connectivity index (χ0n) is 12.0. The Morgan fingerprint density at radius 2 is 1.15 bits per heavy atom. The molecule has 2 amide bonds. The lowest BCUT2D eigenvalue weighted by atomic mass is 10.1. The van der Waals surface area contributed by atoms with Gasteiger partial charge in [0.2, 0.25) is 0 Å². The van der Waals surface area contributed by atoms with Gasteiger partial charge in [-0.15, -0.1) is 0 Å². The molecule has 0 unspecified atom stereocenters. The third kappa shape index (κ3) is 5.10. The number of rotatable bonds is 6. The highest BCUT2D eigenvalue weighted by Gasteiger charge is 2.08. The molecule has 1 aromatic rings. The van der Waals surface area contributed by atoms with Gasteiger partial charge in [-0.3, -0.25) is 9.59 Å². The van der Waals surface area contributed by atoms with Gasteiger partial charge in [0.05, 0.1) is 0 Å². The lowest BCUT2D eigenvalue weighted by molar-refractivity contribution is 0.0945. The highest BCUT2D eigenvalue weighted by Crippen LogP contribution is 2.05. The van der Waals surface area contributed by atoms with Gasteiger partial charge in [0.15, 0.2) is 0 Å². The molecule has 4 nitrogen and oxygen atoms in total. The molecule has 0 fully saturated rings. The van der Waals surface area contributed by atoms with Gasteiger partial charge in [0, 0.05) is 24.2 Å². The average Bonchev–Trinajstić information content (AvgIpc) is 2.42. The molecular weight excluding hydrogens is 252 g/mol. The predicted molar refractivity (Wildman–Crippen MR) is 80.7 cm³/mol. The van der Waals surface area contributed by atoms with Crippen LogP contribution < -0.4 is 10.6 Å². The van der Waals surface area contributed by atoms with Crippen LogP contribution in [0.15, 0.2) is 48.6 Å². The molecule has 0 spiro atoms. The minimum atomic E-state index is -0.179. The lowest BCUT2D eigenvalue weighted by Gasteiger charge is -2.07. The molecule has 0 aliphatic rings. The molecule has 0 aliphatic carbocycles. The summed E-state index contributed by atoms with van der Waals surface area (Å²) in [5.74, 6) is -0.358. The summed E-state index contributed by atoms with van der Waals surface area (Å²) in [6, 6.07) is 6.51. The fourth-order valence-corrected chi connectivity index (χ4v) is 1.44. The SMILES string of the molecule is C=C(C)CNC(=O)c1ccc(C(=O)NCC(=C)C)cc1. The Bertz CT molecular complexity index is 481. The highest BCUT2D eigenvalue weighted by molar-refractivity contribution is 5.97. The van der Waals surface area contributed by atoms with E-state index in [-0.39, 0.29) is 11.8 Å². The van der Waals surface area contributed by atoms with Gasteiger partial charge in [0.25, 0.3) is 11.8 Å². The van der Waals surface area contributed by atoms with Crippen LogP contribution >= 0.6 is 0 Å². The van der Waals surface area contributed by atoms with Crippen molar-refractivity contribution in [3.8, 4) is 0 Å². The van der Waals surface area contributed by atoms with E-state index >= 15 is 0 Å².